The second kappa shape index (κ2) is 4.02. The first-order valence-electron chi connectivity index (χ1n) is 4.96. The largest absolute Gasteiger partial charge is 0.504 e. The van der Waals surface area contributed by atoms with Gasteiger partial charge in [0.25, 0.3) is 0 Å². The molecule has 5 heteroatoms. The molecule has 1 atom stereocenters. The summed E-state index contributed by atoms with van der Waals surface area (Å²) in [7, 11) is 1.47. The van der Waals surface area contributed by atoms with Crippen LogP contribution in [0.15, 0.2) is 12.1 Å². The van der Waals surface area contributed by atoms with E-state index in [1.54, 1.807) is 12.1 Å². The zero-order chi connectivity index (χ0) is 11.7. The van der Waals surface area contributed by atoms with Crippen molar-refractivity contribution in [3.63, 3.8) is 0 Å². The Hall–Kier alpha value is -1.75. The number of methoxy groups -OCH3 is 1. The molecule has 0 fully saturated rings. The maximum Gasteiger partial charge on any atom is 0.321 e. The summed E-state index contributed by atoms with van der Waals surface area (Å²) in [6, 6.07) is 2.74. The second-order valence-corrected chi connectivity index (χ2v) is 3.77. The van der Waals surface area contributed by atoms with Gasteiger partial charge < -0.3 is 20.3 Å². The number of ether oxygens (including phenoxy) is 1. The van der Waals surface area contributed by atoms with E-state index in [1.165, 1.54) is 7.11 Å². The summed E-state index contributed by atoms with van der Waals surface area (Å²) in [5.74, 6) is -0.403. The number of phenols is 1. The highest BCUT2D eigenvalue weighted by Gasteiger charge is 2.24. The number of fused-ring (bicyclic) bond motifs is 1. The molecule has 1 aromatic carbocycles. The topological polar surface area (TPSA) is 78.8 Å². The van der Waals surface area contributed by atoms with E-state index in [2.05, 4.69) is 5.32 Å². The van der Waals surface area contributed by atoms with Crippen LogP contribution >= 0.6 is 0 Å². The number of hydrogen-bond acceptors (Lipinski definition) is 4. The first kappa shape index (κ1) is 10.8. The van der Waals surface area contributed by atoms with Crippen LogP contribution in [0.5, 0.6) is 11.5 Å². The molecule has 0 radical (unpaired) electrons. The van der Waals surface area contributed by atoms with Gasteiger partial charge in [-0.25, -0.2) is 0 Å². The highest BCUT2D eigenvalue weighted by atomic mass is 16.5. The van der Waals surface area contributed by atoms with Crippen molar-refractivity contribution < 1.29 is 19.7 Å². The minimum Gasteiger partial charge on any atom is -0.504 e. The van der Waals surface area contributed by atoms with Crippen LogP contribution in [-0.4, -0.2) is 29.3 Å². The fraction of sp³-hybridized carbons (Fsp3) is 0.364. The van der Waals surface area contributed by atoms with Gasteiger partial charge in [-0.3, -0.25) is 4.79 Å². The summed E-state index contributed by atoms with van der Waals surface area (Å²) < 4.78 is 4.99. The molecule has 86 valence electrons. The van der Waals surface area contributed by atoms with E-state index in [9.17, 15) is 9.90 Å². The molecule has 0 amide bonds. The van der Waals surface area contributed by atoms with Crippen molar-refractivity contribution in [2.24, 2.45) is 0 Å². The van der Waals surface area contributed by atoms with Crippen LogP contribution < -0.4 is 10.1 Å². The lowest BCUT2D eigenvalue weighted by Gasteiger charge is -2.23. The summed E-state index contributed by atoms with van der Waals surface area (Å²) in [5, 5.41) is 21.4. The van der Waals surface area contributed by atoms with E-state index in [-0.39, 0.29) is 5.75 Å². The maximum absolute atomic E-state index is 10.8. The predicted molar refractivity (Wildman–Crippen MR) is 56.6 cm³/mol. The van der Waals surface area contributed by atoms with Crippen LogP contribution in [0.1, 0.15) is 11.1 Å². The molecule has 1 aliphatic heterocycles. The number of benzene rings is 1. The Morgan fingerprint density at radius 3 is 2.88 bits per heavy atom. The lowest BCUT2D eigenvalue weighted by molar-refractivity contribution is -0.139. The Labute approximate surface area is 92.7 Å². The summed E-state index contributed by atoms with van der Waals surface area (Å²) in [4.78, 5) is 10.8. The Morgan fingerprint density at radius 1 is 1.50 bits per heavy atom. The fourth-order valence-electron chi connectivity index (χ4n) is 1.87. The van der Waals surface area contributed by atoms with Crippen LogP contribution in [0.3, 0.4) is 0 Å². The summed E-state index contributed by atoms with van der Waals surface area (Å²) in [6.45, 7) is 0.448. The normalized spacial score (nSPS) is 18.9. The van der Waals surface area contributed by atoms with Crippen molar-refractivity contribution in [2.75, 3.05) is 7.11 Å². The van der Waals surface area contributed by atoms with Crippen molar-refractivity contribution in [1.29, 1.82) is 0 Å². The number of carboxylic acids is 1. The molecule has 16 heavy (non-hydrogen) atoms. The van der Waals surface area contributed by atoms with Crippen molar-refractivity contribution in [3.8, 4) is 11.5 Å². The van der Waals surface area contributed by atoms with Crippen LogP contribution in [-0.2, 0) is 17.8 Å². The molecular weight excluding hydrogens is 210 g/mol. The molecule has 0 bridgehead atoms. The molecule has 0 unspecified atom stereocenters. The van der Waals surface area contributed by atoms with Gasteiger partial charge in [0.2, 0.25) is 0 Å². The van der Waals surface area contributed by atoms with E-state index >= 15 is 0 Å². The fourth-order valence-corrected chi connectivity index (χ4v) is 1.87. The number of hydrogen-bond donors (Lipinski definition) is 3. The zero-order valence-electron chi connectivity index (χ0n) is 8.86. The Balaban J connectivity index is 2.34. The quantitative estimate of drug-likeness (QED) is 0.680. The van der Waals surface area contributed by atoms with E-state index in [0.717, 1.165) is 11.1 Å². The molecule has 3 N–H and O–H groups in total. The van der Waals surface area contributed by atoms with Crippen LogP contribution in [0, 0.1) is 0 Å². The minimum absolute atomic E-state index is 0.0804. The van der Waals surface area contributed by atoms with Crippen molar-refractivity contribution in [3.05, 3.63) is 23.3 Å². The Morgan fingerprint density at radius 2 is 2.25 bits per heavy atom. The molecule has 1 heterocycles. The summed E-state index contributed by atoms with van der Waals surface area (Å²) >= 11 is 0. The average molecular weight is 223 g/mol. The third-order valence-electron chi connectivity index (χ3n) is 2.76. The molecule has 0 saturated heterocycles. The number of carboxylic acid groups (broad SMARTS) is 1. The number of aliphatic carboxylic acids is 1. The lowest BCUT2D eigenvalue weighted by atomic mass is 9.95. The second-order valence-electron chi connectivity index (χ2n) is 3.77. The average Bonchev–Trinajstić information content (AvgIpc) is 2.27. The zero-order valence-corrected chi connectivity index (χ0v) is 8.86. The Bertz CT molecular complexity index is 430. The highest BCUT2D eigenvalue weighted by Crippen LogP contribution is 2.31. The van der Waals surface area contributed by atoms with Gasteiger partial charge in [0.15, 0.2) is 11.5 Å². The van der Waals surface area contributed by atoms with Gasteiger partial charge in [-0.15, -0.1) is 0 Å². The van der Waals surface area contributed by atoms with Gasteiger partial charge in [-0.1, -0.05) is 0 Å². The van der Waals surface area contributed by atoms with E-state index in [0.29, 0.717) is 18.7 Å². The standard InChI is InChI=1S/C11H13NO4/c1-16-10-4-6-2-8(11(14)15)12-5-7(6)3-9(10)13/h3-4,8,12-13H,2,5H2,1H3,(H,14,15)/t8-/m0/s1. The van der Waals surface area contributed by atoms with E-state index < -0.39 is 12.0 Å². The molecular formula is C11H13NO4. The van der Waals surface area contributed by atoms with Crippen LogP contribution in [0.2, 0.25) is 0 Å². The van der Waals surface area contributed by atoms with Gasteiger partial charge in [0.1, 0.15) is 6.04 Å². The van der Waals surface area contributed by atoms with Crippen molar-refractivity contribution in [1.82, 2.24) is 5.32 Å². The number of phenolic OH excluding ortho intramolecular Hbond substituents is 1. The molecule has 1 aromatic rings. The molecule has 5 nitrogen and oxygen atoms in total. The number of carbonyl (C=O) groups is 1. The summed E-state index contributed by atoms with van der Waals surface area (Å²) in [6.07, 6.45) is 0.404. The van der Waals surface area contributed by atoms with Crippen LogP contribution in [0.25, 0.3) is 0 Å². The molecule has 0 aromatic heterocycles. The molecule has 0 aliphatic carbocycles. The monoisotopic (exact) mass is 223 g/mol. The van der Waals surface area contributed by atoms with E-state index in [1.807, 2.05) is 0 Å². The SMILES string of the molecule is COc1cc2c(cc1O)CN[C@H](C(=O)O)C2. The van der Waals surface area contributed by atoms with Gasteiger partial charge in [-0.2, -0.15) is 0 Å². The third kappa shape index (κ3) is 1.81. The Kier molecular flexibility index (Phi) is 2.70. The first-order valence-corrected chi connectivity index (χ1v) is 4.96. The van der Waals surface area contributed by atoms with Gasteiger partial charge in [0, 0.05) is 6.54 Å². The number of nitrogens with one attached hydrogen (secondary N) is 1. The van der Waals surface area contributed by atoms with E-state index in [4.69, 9.17) is 9.84 Å². The maximum atomic E-state index is 10.8. The van der Waals surface area contributed by atoms with Gasteiger partial charge >= 0.3 is 5.97 Å². The molecule has 2 rings (SSSR count). The van der Waals surface area contributed by atoms with Crippen LogP contribution in [0.4, 0.5) is 0 Å². The molecule has 0 saturated carbocycles. The van der Waals surface area contributed by atoms with Gasteiger partial charge in [0.05, 0.1) is 7.11 Å². The third-order valence-corrected chi connectivity index (χ3v) is 2.76. The van der Waals surface area contributed by atoms with Crippen molar-refractivity contribution >= 4 is 5.97 Å². The first-order chi connectivity index (χ1) is 7.61. The lowest BCUT2D eigenvalue weighted by Crippen LogP contribution is -2.41. The molecule has 0 spiro atoms. The highest BCUT2D eigenvalue weighted by molar-refractivity contribution is 5.74. The van der Waals surface area contributed by atoms with Crippen molar-refractivity contribution in [2.45, 2.75) is 19.0 Å². The minimum atomic E-state index is -0.863. The predicted octanol–water partition coefficient (Wildman–Crippen LogP) is 0.500. The smallest absolute Gasteiger partial charge is 0.321 e. The molecule has 1 aliphatic rings. The van der Waals surface area contributed by atoms with Gasteiger partial charge in [-0.05, 0) is 29.7 Å². The number of aromatic hydroxyl groups is 1. The number of rotatable bonds is 2. The summed E-state index contributed by atoms with van der Waals surface area (Å²) in [5.41, 5.74) is 1.82.